The van der Waals surface area contributed by atoms with E-state index in [1.165, 1.54) is 0 Å². The number of esters is 2. The van der Waals surface area contributed by atoms with Gasteiger partial charge in [0, 0.05) is 23.0 Å². The van der Waals surface area contributed by atoms with Crippen molar-refractivity contribution in [3.8, 4) is 0 Å². The molecule has 3 fully saturated rings. The number of hydrogen-bond donors (Lipinski definition) is 2. The summed E-state index contributed by atoms with van der Waals surface area (Å²) in [5.74, 6) is -2.67. The molecule has 4 rings (SSSR count). The Bertz CT molecular complexity index is 775. The molecular weight excluding hydrogens is 352 g/mol. The maximum absolute atomic E-state index is 12.4. The summed E-state index contributed by atoms with van der Waals surface area (Å²) in [7, 11) is 0. The Morgan fingerprint density at radius 2 is 2.07 bits per heavy atom. The molecule has 4 aliphatic rings. The molecule has 1 saturated carbocycles. The molecule has 146 valence electrons. The Kier molecular flexibility index (Phi) is 4.10. The Morgan fingerprint density at radius 1 is 1.41 bits per heavy atom. The first-order chi connectivity index (χ1) is 12.7. The lowest BCUT2D eigenvalue weighted by molar-refractivity contribution is -0.158. The molecule has 27 heavy (non-hydrogen) atoms. The quantitative estimate of drug-likeness (QED) is 0.316. The van der Waals surface area contributed by atoms with Crippen molar-refractivity contribution in [2.24, 2.45) is 17.8 Å². The highest BCUT2D eigenvalue weighted by Gasteiger charge is 2.71. The molecule has 2 saturated heterocycles. The standard InChI is InChI=1S/C20H24O7/c1-5-8(2)18(23)27-16-13-10(4)19(24)26-15(13)12-9(3)6-11(21)14(12)20(7-25-20)17(16)22/h5-6,11-17,21-22H,4,7H2,1-3H3/b8-5+/t11-,12+,13+,14-,15-,16+,17-,20+/m1/s1. The minimum Gasteiger partial charge on any atom is -0.458 e. The summed E-state index contributed by atoms with van der Waals surface area (Å²) in [4.78, 5) is 24.7. The van der Waals surface area contributed by atoms with Crippen molar-refractivity contribution in [1.82, 2.24) is 0 Å². The molecule has 0 unspecified atom stereocenters. The van der Waals surface area contributed by atoms with Crippen LogP contribution >= 0.6 is 0 Å². The van der Waals surface area contributed by atoms with E-state index >= 15 is 0 Å². The number of ether oxygens (including phenoxy) is 3. The molecule has 0 radical (unpaired) electrons. The highest BCUT2D eigenvalue weighted by atomic mass is 16.6. The van der Waals surface area contributed by atoms with Gasteiger partial charge in [0.05, 0.1) is 18.6 Å². The van der Waals surface area contributed by atoms with Crippen molar-refractivity contribution in [3.63, 3.8) is 0 Å². The van der Waals surface area contributed by atoms with E-state index in [-0.39, 0.29) is 18.1 Å². The van der Waals surface area contributed by atoms with E-state index in [2.05, 4.69) is 6.58 Å². The largest absolute Gasteiger partial charge is 0.458 e. The minimum absolute atomic E-state index is 0.167. The molecule has 0 aromatic carbocycles. The zero-order valence-electron chi connectivity index (χ0n) is 15.5. The first kappa shape index (κ1) is 18.4. The maximum atomic E-state index is 12.4. The van der Waals surface area contributed by atoms with Gasteiger partial charge >= 0.3 is 11.9 Å². The fourth-order valence-electron chi connectivity index (χ4n) is 4.92. The monoisotopic (exact) mass is 376 g/mol. The highest BCUT2D eigenvalue weighted by Crippen LogP contribution is 2.58. The number of aliphatic hydroxyl groups excluding tert-OH is 2. The predicted molar refractivity (Wildman–Crippen MR) is 93.3 cm³/mol. The van der Waals surface area contributed by atoms with Crippen LogP contribution in [0.2, 0.25) is 0 Å². The summed E-state index contributed by atoms with van der Waals surface area (Å²) in [5, 5.41) is 21.8. The molecule has 2 heterocycles. The summed E-state index contributed by atoms with van der Waals surface area (Å²) in [5.41, 5.74) is 0.384. The SMILES string of the molecule is C=C1C(=O)O[C@H]2[C@H]1[C@H](OC(=O)/C(C)=C/C)[C@@H](O)[C@]1(CO1)[C@H]1[C@@H]2C(C)=C[C@H]1O. The van der Waals surface area contributed by atoms with Gasteiger partial charge < -0.3 is 24.4 Å². The van der Waals surface area contributed by atoms with Crippen molar-refractivity contribution in [3.05, 3.63) is 35.5 Å². The van der Waals surface area contributed by atoms with E-state index in [1.54, 1.807) is 26.0 Å². The fourth-order valence-corrected chi connectivity index (χ4v) is 4.92. The van der Waals surface area contributed by atoms with E-state index in [1.807, 2.05) is 6.92 Å². The maximum Gasteiger partial charge on any atom is 0.334 e. The Morgan fingerprint density at radius 3 is 2.67 bits per heavy atom. The van der Waals surface area contributed by atoms with Crippen LogP contribution in [0.3, 0.4) is 0 Å². The summed E-state index contributed by atoms with van der Waals surface area (Å²) in [6.45, 7) is 9.26. The first-order valence-electron chi connectivity index (χ1n) is 9.15. The summed E-state index contributed by atoms with van der Waals surface area (Å²) in [6, 6.07) is 0. The number of hydrogen-bond acceptors (Lipinski definition) is 7. The number of carbonyl (C=O) groups excluding carboxylic acids is 2. The summed E-state index contributed by atoms with van der Waals surface area (Å²) < 4.78 is 16.9. The number of fused-ring (bicyclic) bond motifs is 4. The van der Waals surface area contributed by atoms with Gasteiger partial charge in [0.15, 0.2) is 0 Å². The molecule has 0 aromatic rings. The third kappa shape index (κ3) is 2.45. The zero-order chi connectivity index (χ0) is 19.7. The smallest absolute Gasteiger partial charge is 0.334 e. The predicted octanol–water partition coefficient (Wildman–Crippen LogP) is 0.659. The van der Waals surface area contributed by atoms with Crippen LogP contribution in [0, 0.1) is 17.8 Å². The molecule has 0 bridgehead atoms. The number of aliphatic hydroxyl groups is 2. The molecule has 7 heteroatoms. The van der Waals surface area contributed by atoms with E-state index in [0.29, 0.717) is 5.57 Å². The van der Waals surface area contributed by atoms with Crippen LogP contribution in [0.1, 0.15) is 20.8 Å². The zero-order valence-corrected chi connectivity index (χ0v) is 15.5. The second-order valence-corrected chi connectivity index (χ2v) is 7.90. The van der Waals surface area contributed by atoms with E-state index in [0.717, 1.165) is 5.57 Å². The van der Waals surface area contributed by atoms with Crippen LogP contribution < -0.4 is 0 Å². The molecule has 7 nitrogen and oxygen atoms in total. The second kappa shape index (κ2) is 6.02. The fraction of sp³-hybridized carbons (Fsp3) is 0.600. The Labute approximate surface area is 157 Å². The lowest BCUT2D eigenvalue weighted by atomic mass is 9.77. The molecule has 2 N–H and O–H groups in total. The summed E-state index contributed by atoms with van der Waals surface area (Å²) >= 11 is 0. The van der Waals surface area contributed by atoms with Crippen LogP contribution in [0.25, 0.3) is 0 Å². The highest BCUT2D eigenvalue weighted by molar-refractivity contribution is 5.92. The van der Waals surface area contributed by atoms with Crippen molar-refractivity contribution < 1.29 is 34.0 Å². The van der Waals surface area contributed by atoms with Crippen molar-refractivity contribution in [2.75, 3.05) is 6.61 Å². The molecule has 0 amide bonds. The first-order valence-corrected chi connectivity index (χ1v) is 9.15. The number of rotatable bonds is 2. The van der Waals surface area contributed by atoms with Gasteiger partial charge in [-0.25, -0.2) is 9.59 Å². The Hall–Kier alpha value is -1.96. The topological polar surface area (TPSA) is 106 Å². The van der Waals surface area contributed by atoms with Crippen LogP contribution in [-0.2, 0) is 23.8 Å². The van der Waals surface area contributed by atoms with Gasteiger partial charge in [0.2, 0.25) is 0 Å². The molecule has 0 aromatic heterocycles. The Balaban J connectivity index is 1.80. The lowest BCUT2D eigenvalue weighted by Gasteiger charge is -2.32. The number of allylic oxidation sites excluding steroid dienone is 1. The normalized spacial score (nSPS) is 45.7. The van der Waals surface area contributed by atoms with E-state index < -0.39 is 53.8 Å². The van der Waals surface area contributed by atoms with Crippen LogP contribution in [0.15, 0.2) is 35.5 Å². The third-order valence-corrected chi connectivity index (χ3v) is 6.54. The molecule has 2 aliphatic heterocycles. The van der Waals surface area contributed by atoms with Gasteiger partial charge in [-0.15, -0.1) is 0 Å². The van der Waals surface area contributed by atoms with E-state index in [9.17, 15) is 19.8 Å². The van der Waals surface area contributed by atoms with Gasteiger partial charge in [-0.2, -0.15) is 0 Å². The van der Waals surface area contributed by atoms with Crippen molar-refractivity contribution in [2.45, 2.75) is 50.8 Å². The average Bonchev–Trinajstić information content (AvgIpc) is 3.31. The molecular formula is C20H24O7. The minimum atomic E-state index is -1.21. The van der Waals surface area contributed by atoms with Crippen LogP contribution in [0.5, 0.6) is 0 Å². The van der Waals surface area contributed by atoms with Crippen molar-refractivity contribution in [1.29, 1.82) is 0 Å². The second-order valence-electron chi connectivity index (χ2n) is 7.90. The molecule has 8 atom stereocenters. The molecule has 1 spiro atoms. The molecule has 2 aliphatic carbocycles. The lowest BCUT2D eigenvalue weighted by Crippen LogP contribution is -2.50. The summed E-state index contributed by atoms with van der Waals surface area (Å²) in [6.07, 6.45) is -0.452. The van der Waals surface area contributed by atoms with Gasteiger partial charge in [0.1, 0.15) is 23.9 Å². The van der Waals surface area contributed by atoms with Gasteiger partial charge in [-0.1, -0.05) is 24.3 Å². The van der Waals surface area contributed by atoms with Crippen molar-refractivity contribution >= 4 is 11.9 Å². The number of carbonyl (C=O) groups is 2. The third-order valence-electron chi connectivity index (χ3n) is 6.54. The van der Waals surface area contributed by atoms with Crippen LogP contribution in [-0.4, -0.2) is 58.8 Å². The number of epoxide rings is 1. The van der Waals surface area contributed by atoms with Gasteiger partial charge in [0.25, 0.3) is 0 Å². The van der Waals surface area contributed by atoms with E-state index in [4.69, 9.17) is 14.2 Å². The van der Waals surface area contributed by atoms with Gasteiger partial charge in [-0.3, -0.25) is 0 Å². The van der Waals surface area contributed by atoms with Gasteiger partial charge in [-0.05, 0) is 20.8 Å². The van der Waals surface area contributed by atoms with Crippen LogP contribution in [0.4, 0.5) is 0 Å². The average molecular weight is 376 g/mol.